The van der Waals surface area contributed by atoms with Gasteiger partial charge in [0.2, 0.25) is 0 Å². The van der Waals surface area contributed by atoms with Crippen molar-refractivity contribution in [3.8, 4) is 17.6 Å². The molecule has 2 aliphatic heterocycles. The summed E-state index contributed by atoms with van der Waals surface area (Å²) in [6.45, 7) is 2.47. The Morgan fingerprint density at radius 1 is 1.09 bits per heavy atom. The molecule has 2 aromatic carbocycles. The first-order valence-corrected chi connectivity index (χ1v) is 10.7. The summed E-state index contributed by atoms with van der Waals surface area (Å²) in [5.74, 6) is 1.37. The van der Waals surface area contributed by atoms with Crippen LogP contribution < -0.4 is 9.47 Å². The highest BCUT2D eigenvalue weighted by Gasteiger charge is 2.42. The molecule has 2 aliphatic rings. The van der Waals surface area contributed by atoms with E-state index in [9.17, 15) is 14.9 Å². The Labute approximate surface area is 197 Å². The lowest BCUT2D eigenvalue weighted by Crippen LogP contribution is -2.41. The van der Waals surface area contributed by atoms with E-state index in [4.69, 9.17) is 14.2 Å². The number of allylic oxidation sites excluding steroid dienone is 3. The average Bonchev–Trinajstić information content (AvgIpc) is 2.89. The second-order valence-electron chi connectivity index (χ2n) is 7.45. The van der Waals surface area contributed by atoms with Crippen molar-refractivity contribution in [2.45, 2.75) is 13.5 Å². The molecular formula is C27H22N2O5. The fraction of sp³-hybridized carbons (Fsp3) is 0.185. The highest BCUT2D eigenvalue weighted by molar-refractivity contribution is 6.02. The summed E-state index contributed by atoms with van der Waals surface area (Å²) >= 11 is 0. The van der Waals surface area contributed by atoms with E-state index in [0.717, 1.165) is 5.56 Å². The Hall–Kier alpha value is -4.53. The Morgan fingerprint density at radius 3 is 2.56 bits per heavy atom. The molecule has 2 aromatic rings. The molecule has 0 bridgehead atoms. The summed E-state index contributed by atoms with van der Waals surface area (Å²) in [5.41, 5.74) is 2.41. The van der Waals surface area contributed by atoms with Crippen LogP contribution in [-0.4, -0.2) is 30.5 Å². The number of benzene rings is 2. The van der Waals surface area contributed by atoms with Crippen LogP contribution in [0.3, 0.4) is 0 Å². The molecule has 0 radical (unpaired) electrons. The summed E-state index contributed by atoms with van der Waals surface area (Å²) in [6, 6.07) is 17.0. The van der Waals surface area contributed by atoms with E-state index in [1.807, 2.05) is 37.3 Å². The Kier molecular flexibility index (Phi) is 6.63. The predicted octanol–water partition coefficient (Wildman–Crippen LogP) is 4.17. The summed E-state index contributed by atoms with van der Waals surface area (Å²) in [5, 5.41) is 9.93. The van der Waals surface area contributed by atoms with Crippen molar-refractivity contribution in [2.24, 2.45) is 5.92 Å². The number of rotatable bonds is 7. The maximum absolute atomic E-state index is 13.3. The Balaban J connectivity index is 1.79. The van der Waals surface area contributed by atoms with Crippen LogP contribution in [0, 0.1) is 17.2 Å². The predicted molar refractivity (Wildman–Crippen MR) is 125 cm³/mol. The third kappa shape index (κ3) is 4.11. The lowest BCUT2D eigenvalue weighted by Gasteiger charge is -2.35. The molecule has 0 N–H and O–H groups in total. The van der Waals surface area contributed by atoms with E-state index >= 15 is 0 Å². The molecule has 7 heteroatoms. The van der Waals surface area contributed by atoms with E-state index in [1.54, 1.807) is 36.3 Å². The molecule has 1 atom stereocenters. The fourth-order valence-electron chi connectivity index (χ4n) is 3.93. The van der Waals surface area contributed by atoms with Crippen LogP contribution in [0.25, 0.3) is 5.57 Å². The van der Waals surface area contributed by atoms with Crippen molar-refractivity contribution in [1.82, 2.24) is 4.90 Å². The molecule has 0 aliphatic carbocycles. The number of fused-ring (bicyclic) bond motifs is 1. The van der Waals surface area contributed by atoms with Gasteiger partial charge in [0.15, 0.2) is 23.4 Å². The van der Waals surface area contributed by atoms with Crippen molar-refractivity contribution < 1.29 is 23.8 Å². The van der Waals surface area contributed by atoms with Gasteiger partial charge in [-0.05, 0) is 42.3 Å². The van der Waals surface area contributed by atoms with Crippen LogP contribution in [0.5, 0.6) is 11.5 Å². The average molecular weight is 454 g/mol. The number of nitriles is 1. The van der Waals surface area contributed by atoms with E-state index < -0.39 is 11.8 Å². The number of ether oxygens (including phenoxy) is 3. The zero-order valence-electron chi connectivity index (χ0n) is 18.8. The first kappa shape index (κ1) is 22.7. The van der Waals surface area contributed by atoms with Gasteiger partial charge < -0.3 is 14.2 Å². The zero-order chi connectivity index (χ0) is 24.1. The van der Waals surface area contributed by atoms with Gasteiger partial charge in [-0.3, -0.25) is 9.69 Å². The number of carbonyl (C=O) groups is 1. The molecule has 170 valence electrons. The number of carbonyl (C=O) groups excluding carboxylic acids is 2. The minimum atomic E-state index is -1.19. The number of methoxy groups -OCH3 is 1. The van der Waals surface area contributed by atoms with Crippen LogP contribution in [0.15, 0.2) is 83.9 Å². The highest BCUT2D eigenvalue weighted by Crippen LogP contribution is 2.43. The molecular weight excluding hydrogens is 432 g/mol. The molecule has 2 heterocycles. The quantitative estimate of drug-likeness (QED) is 0.584. The second-order valence-corrected chi connectivity index (χ2v) is 7.45. The number of hydrogen-bond donors (Lipinski definition) is 0. The summed E-state index contributed by atoms with van der Waals surface area (Å²) < 4.78 is 17.4. The van der Waals surface area contributed by atoms with Crippen LogP contribution >= 0.6 is 0 Å². The lowest BCUT2D eigenvalue weighted by molar-refractivity contribution is -0.129. The van der Waals surface area contributed by atoms with Gasteiger partial charge in [0.05, 0.1) is 25.5 Å². The van der Waals surface area contributed by atoms with Crippen LogP contribution in [0.2, 0.25) is 0 Å². The summed E-state index contributed by atoms with van der Waals surface area (Å²) in [6.07, 6.45) is 4.79. The van der Waals surface area contributed by atoms with Gasteiger partial charge >= 0.3 is 0 Å². The first-order chi connectivity index (χ1) is 16.6. The maximum atomic E-state index is 13.3. The van der Waals surface area contributed by atoms with Crippen molar-refractivity contribution in [2.75, 3.05) is 13.7 Å². The van der Waals surface area contributed by atoms with E-state index in [-0.39, 0.29) is 5.70 Å². The standard InChI is InChI=1S/C27H22N2O5/c1-3-33-26-22-11-7-10-20(16-30)29(22)27(31)21(15-28)25(26)19-12-13-23(24(14-19)32-2)34-17-18-8-5-4-6-9-18/h4-14,21H,3,17H2,1-2H3. The van der Waals surface area contributed by atoms with Crippen molar-refractivity contribution in [3.05, 3.63) is 95.0 Å². The Bertz CT molecular complexity index is 1290. The van der Waals surface area contributed by atoms with Gasteiger partial charge in [0.25, 0.3) is 5.91 Å². The summed E-state index contributed by atoms with van der Waals surface area (Å²) in [7, 11) is 1.53. The van der Waals surface area contributed by atoms with E-state index in [2.05, 4.69) is 6.07 Å². The fourth-order valence-corrected chi connectivity index (χ4v) is 3.93. The van der Waals surface area contributed by atoms with Gasteiger partial charge in [-0.15, -0.1) is 0 Å². The van der Waals surface area contributed by atoms with Crippen LogP contribution in [0.4, 0.5) is 0 Å². The third-order valence-corrected chi connectivity index (χ3v) is 5.46. The molecule has 0 saturated heterocycles. The SMILES string of the molecule is CCOC1=C(c2ccc(OCc3ccccc3)c(OC)c2)C(C#N)C(=O)N2C(=C=O)C=CC=C12. The zero-order valence-corrected chi connectivity index (χ0v) is 18.8. The second kappa shape index (κ2) is 9.95. The lowest BCUT2D eigenvalue weighted by atomic mass is 9.85. The minimum Gasteiger partial charge on any atom is -0.493 e. The molecule has 4 rings (SSSR count). The van der Waals surface area contributed by atoms with Gasteiger partial charge in [-0.1, -0.05) is 42.5 Å². The number of hydrogen-bond acceptors (Lipinski definition) is 6. The Morgan fingerprint density at radius 2 is 1.88 bits per heavy atom. The van der Waals surface area contributed by atoms with E-state index in [1.165, 1.54) is 18.1 Å². The molecule has 0 spiro atoms. The van der Waals surface area contributed by atoms with Crippen molar-refractivity contribution >= 4 is 17.4 Å². The van der Waals surface area contributed by atoms with Crippen LogP contribution in [0.1, 0.15) is 18.1 Å². The smallest absolute Gasteiger partial charge is 0.254 e. The summed E-state index contributed by atoms with van der Waals surface area (Å²) in [4.78, 5) is 25.9. The minimum absolute atomic E-state index is 0.0289. The molecule has 0 saturated carbocycles. The molecule has 0 aromatic heterocycles. The molecule has 7 nitrogen and oxygen atoms in total. The highest BCUT2D eigenvalue weighted by atomic mass is 16.5. The molecule has 1 unspecified atom stereocenters. The van der Waals surface area contributed by atoms with Crippen molar-refractivity contribution in [3.63, 3.8) is 0 Å². The third-order valence-electron chi connectivity index (χ3n) is 5.46. The largest absolute Gasteiger partial charge is 0.493 e. The maximum Gasteiger partial charge on any atom is 0.254 e. The van der Waals surface area contributed by atoms with Gasteiger partial charge in [-0.2, -0.15) is 5.26 Å². The topological polar surface area (TPSA) is 88.9 Å². The normalized spacial score (nSPS) is 16.9. The monoisotopic (exact) mass is 454 g/mol. The molecule has 1 amide bonds. The van der Waals surface area contributed by atoms with E-state index in [0.29, 0.717) is 47.3 Å². The number of nitrogens with zero attached hydrogens (tertiary/aromatic N) is 2. The first-order valence-electron chi connectivity index (χ1n) is 10.7. The van der Waals surface area contributed by atoms with Crippen LogP contribution in [-0.2, 0) is 20.9 Å². The van der Waals surface area contributed by atoms with Gasteiger partial charge in [0.1, 0.15) is 18.1 Å². The molecule has 0 fully saturated rings. The van der Waals surface area contributed by atoms with Gasteiger partial charge in [-0.25, -0.2) is 4.79 Å². The van der Waals surface area contributed by atoms with Gasteiger partial charge in [0, 0.05) is 5.57 Å². The van der Waals surface area contributed by atoms with Crippen molar-refractivity contribution in [1.29, 1.82) is 5.26 Å². The number of amides is 1. The molecule has 34 heavy (non-hydrogen) atoms.